The van der Waals surface area contributed by atoms with Crippen molar-refractivity contribution in [1.29, 1.82) is 0 Å². The van der Waals surface area contributed by atoms with Crippen LogP contribution in [0.5, 0.6) is 0 Å². The van der Waals surface area contributed by atoms with Crippen LogP contribution in [-0.4, -0.2) is 52.6 Å². The van der Waals surface area contributed by atoms with Gasteiger partial charge in [0.15, 0.2) is 5.11 Å². The molecular formula is C35H64N4S. The van der Waals surface area contributed by atoms with Crippen molar-refractivity contribution in [2.45, 2.75) is 125 Å². The molecule has 1 aliphatic rings. The lowest BCUT2D eigenvalue weighted by atomic mass is 9.90. The van der Waals surface area contributed by atoms with Crippen molar-refractivity contribution in [3.8, 4) is 0 Å². The van der Waals surface area contributed by atoms with Crippen molar-refractivity contribution in [1.82, 2.24) is 14.8 Å². The summed E-state index contributed by atoms with van der Waals surface area (Å²) in [5, 5.41) is 4.07. The Bertz CT molecular complexity index is 762. The van der Waals surface area contributed by atoms with E-state index in [-0.39, 0.29) is 0 Å². The van der Waals surface area contributed by atoms with E-state index in [1.165, 1.54) is 90.0 Å². The second kappa shape index (κ2) is 20.6. The van der Waals surface area contributed by atoms with E-state index in [1.807, 2.05) is 18.2 Å². The normalized spacial score (nSPS) is 17.5. The minimum absolute atomic E-state index is 0.799. The largest absolute Gasteiger partial charge is 0.346 e. The topological polar surface area (TPSA) is 31.4 Å². The highest BCUT2D eigenvalue weighted by atomic mass is 32.1. The Morgan fingerprint density at radius 2 is 1.18 bits per heavy atom. The lowest BCUT2D eigenvalue weighted by molar-refractivity contribution is 0.173. The summed E-state index contributed by atoms with van der Waals surface area (Å²) >= 11 is 5.61. The number of rotatable bonds is 20. The zero-order valence-corrected chi connectivity index (χ0v) is 28.0. The number of aromatic nitrogens is 1. The molecule has 1 saturated heterocycles. The molecule has 0 amide bonds. The molecule has 5 heteroatoms. The van der Waals surface area contributed by atoms with Crippen LogP contribution in [0.2, 0.25) is 0 Å². The van der Waals surface area contributed by atoms with E-state index in [9.17, 15) is 0 Å². The molecule has 4 unspecified atom stereocenters. The Labute approximate surface area is 254 Å². The molecule has 1 N–H and O–H groups in total. The van der Waals surface area contributed by atoms with Crippen molar-refractivity contribution in [2.75, 3.05) is 38.0 Å². The number of hydrogen-bond donors (Lipinski definition) is 1. The van der Waals surface area contributed by atoms with Crippen molar-refractivity contribution in [3.63, 3.8) is 0 Å². The van der Waals surface area contributed by atoms with E-state index >= 15 is 0 Å². The van der Waals surface area contributed by atoms with Crippen LogP contribution in [0.25, 0.3) is 0 Å². The molecule has 2 rings (SSSR count). The molecule has 1 aromatic heterocycles. The van der Waals surface area contributed by atoms with Gasteiger partial charge in [-0.3, -0.25) is 4.90 Å². The summed E-state index contributed by atoms with van der Waals surface area (Å²) in [5.74, 6) is 5.23. The van der Waals surface area contributed by atoms with Gasteiger partial charge in [0.2, 0.25) is 0 Å². The third kappa shape index (κ3) is 16.3. The first-order chi connectivity index (χ1) is 19.2. The third-order valence-electron chi connectivity index (χ3n) is 9.16. The molecule has 40 heavy (non-hydrogen) atoms. The molecule has 2 heterocycles. The monoisotopic (exact) mass is 572 g/mol. The van der Waals surface area contributed by atoms with E-state index in [4.69, 9.17) is 12.2 Å². The predicted octanol–water partition coefficient (Wildman–Crippen LogP) is 9.67. The van der Waals surface area contributed by atoms with Crippen LogP contribution in [0.4, 0.5) is 5.82 Å². The van der Waals surface area contributed by atoms with E-state index in [0.717, 1.165) is 66.7 Å². The number of hydrogen-bond acceptors (Lipinski definition) is 3. The summed E-state index contributed by atoms with van der Waals surface area (Å²) in [6, 6.07) is 5.87. The smallest absolute Gasteiger partial charge is 0.174 e. The van der Waals surface area contributed by atoms with E-state index < -0.39 is 0 Å². The van der Waals surface area contributed by atoms with Crippen molar-refractivity contribution in [3.05, 3.63) is 24.4 Å². The van der Waals surface area contributed by atoms with Gasteiger partial charge in [-0.2, -0.15) is 0 Å². The fourth-order valence-electron chi connectivity index (χ4n) is 6.10. The van der Waals surface area contributed by atoms with Gasteiger partial charge in [-0.1, -0.05) is 125 Å². The number of piperazine rings is 1. The maximum Gasteiger partial charge on any atom is 0.174 e. The van der Waals surface area contributed by atoms with Gasteiger partial charge in [0.1, 0.15) is 5.82 Å². The number of nitrogens with zero attached hydrogens (tertiary/aromatic N) is 3. The first-order valence-electron chi connectivity index (χ1n) is 16.9. The summed E-state index contributed by atoms with van der Waals surface area (Å²) in [5.41, 5.74) is 0. The Morgan fingerprint density at radius 1 is 0.700 bits per heavy atom. The molecule has 1 fully saturated rings. The first kappa shape index (κ1) is 35.0. The van der Waals surface area contributed by atoms with Crippen molar-refractivity contribution < 1.29 is 0 Å². The van der Waals surface area contributed by atoms with Gasteiger partial charge in [-0.05, 0) is 66.9 Å². The number of pyridine rings is 1. The average Bonchev–Trinajstić information content (AvgIpc) is 2.92. The summed E-state index contributed by atoms with van der Waals surface area (Å²) in [7, 11) is 0. The molecule has 0 spiro atoms. The fourth-order valence-corrected chi connectivity index (χ4v) is 6.39. The van der Waals surface area contributed by atoms with Crippen LogP contribution in [0, 0.1) is 29.6 Å². The van der Waals surface area contributed by atoms with Gasteiger partial charge in [0, 0.05) is 32.4 Å². The van der Waals surface area contributed by atoms with E-state index in [0.29, 0.717) is 0 Å². The summed E-state index contributed by atoms with van der Waals surface area (Å²) in [4.78, 5) is 9.22. The summed E-state index contributed by atoms with van der Waals surface area (Å²) in [6.45, 7) is 20.0. The molecule has 230 valence electrons. The summed E-state index contributed by atoms with van der Waals surface area (Å²) < 4.78 is 0. The minimum Gasteiger partial charge on any atom is -0.346 e. The Morgan fingerprint density at radius 3 is 1.62 bits per heavy atom. The van der Waals surface area contributed by atoms with Crippen molar-refractivity contribution >= 4 is 23.1 Å². The highest BCUT2D eigenvalue weighted by Gasteiger charge is 2.19. The first-order valence-corrected chi connectivity index (χ1v) is 17.3. The van der Waals surface area contributed by atoms with Crippen LogP contribution in [0.1, 0.15) is 125 Å². The van der Waals surface area contributed by atoms with Gasteiger partial charge in [-0.25, -0.2) is 4.98 Å². The quantitative estimate of drug-likeness (QED) is 0.157. The second-order valence-corrected chi connectivity index (χ2v) is 14.2. The van der Waals surface area contributed by atoms with Crippen LogP contribution in [0.15, 0.2) is 24.4 Å². The lowest BCUT2D eigenvalue weighted by Crippen LogP contribution is -2.50. The van der Waals surface area contributed by atoms with Gasteiger partial charge >= 0.3 is 0 Å². The zero-order chi connectivity index (χ0) is 29.2. The highest BCUT2D eigenvalue weighted by Crippen LogP contribution is 2.24. The molecule has 0 aromatic carbocycles. The summed E-state index contributed by atoms with van der Waals surface area (Å²) in [6.07, 6.45) is 20.1. The Hall–Kier alpha value is -1.20. The molecule has 0 aliphatic carbocycles. The molecule has 4 nitrogen and oxygen atoms in total. The molecule has 0 saturated carbocycles. The van der Waals surface area contributed by atoms with Gasteiger partial charge in [0.25, 0.3) is 0 Å². The third-order valence-corrected chi connectivity index (χ3v) is 9.52. The molecule has 0 radical (unpaired) electrons. The molecule has 4 atom stereocenters. The second-order valence-electron chi connectivity index (χ2n) is 13.8. The van der Waals surface area contributed by atoms with Crippen LogP contribution in [0.3, 0.4) is 0 Å². The van der Waals surface area contributed by atoms with E-state index in [1.54, 1.807) is 6.20 Å². The van der Waals surface area contributed by atoms with Gasteiger partial charge < -0.3 is 10.2 Å². The maximum atomic E-state index is 5.61. The molecule has 1 aromatic rings. The minimum atomic E-state index is 0.799. The van der Waals surface area contributed by atoms with E-state index in [2.05, 4.69) is 61.6 Å². The average molecular weight is 573 g/mol. The van der Waals surface area contributed by atoms with Crippen molar-refractivity contribution in [2.24, 2.45) is 29.6 Å². The highest BCUT2D eigenvalue weighted by molar-refractivity contribution is 7.80. The SMILES string of the molecule is CC(C)CCCC(C)CCCC(C)CCCC(C)CCCC(C)CCN1CCN(C(=S)Nc2ccccn2)CC1. The van der Waals surface area contributed by atoms with Gasteiger partial charge in [-0.15, -0.1) is 0 Å². The molecule has 0 bridgehead atoms. The number of thiocarbonyl (C=S) groups is 1. The van der Waals surface area contributed by atoms with Crippen LogP contribution >= 0.6 is 12.2 Å². The Kier molecular flexibility index (Phi) is 18.1. The molecular weight excluding hydrogens is 508 g/mol. The van der Waals surface area contributed by atoms with Gasteiger partial charge in [0.05, 0.1) is 0 Å². The number of anilines is 1. The predicted molar refractivity (Wildman–Crippen MR) is 180 cm³/mol. The number of nitrogens with one attached hydrogen (secondary N) is 1. The fraction of sp³-hybridized carbons (Fsp3) is 0.829. The van der Waals surface area contributed by atoms with Crippen LogP contribution in [-0.2, 0) is 0 Å². The Balaban J connectivity index is 1.44. The lowest BCUT2D eigenvalue weighted by Gasteiger charge is -2.36. The van der Waals surface area contributed by atoms with Crippen LogP contribution < -0.4 is 5.32 Å². The zero-order valence-electron chi connectivity index (χ0n) is 27.2. The maximum absolute atomic E-state index is 5.61. The molecule has 1 aliphatic heterocycles. The standard InChI is InChI=1S/C35H64N4S/c1-29(2)13-9-14-30(3)15-10-16-31(4)17-11-18-32(5)19-12-20-33(6)22-24-38-25-27-39(28-26-38)35(40)37-34-21-7-8-23-36-34/h7-8,21,23,29-33H,9-20,22,24-28H2,1-6H3,(H,36,37,40).